The molecule has 5 unspecified atom stereocenters. The lowest BCUT2D eigenvalue weighted by Gasteiger charge is -2.36. The van der Waals surface area contributed by atoms with Crippen molar-refractivity contribution in [2.24, 2.45) is 17.8 Å². The molecule has 1 heteroatoms. The van der Waals surface area contributed by atoms with Crippen molar-refractivity contribution in [1.82, 2.24) is 0 Å². The van der Waals surface area contributed by atoms with E-state index in [4.69, 9.17) is 0 Å². The second kappa shape index (κ2) is 2.46. The Bertz CT molecular complexity index is 166. The van der Waals surface area contributed by atoms with Gasteiger partial charge in [-0.3, -0.25) is 0 Å². The zero-order chi connectivity index (χ0) is 8.06. The highest BCUT2D eigenvalue weighted by Crippen LogP contribution is 2.56. The van der Waals surface area contributed by atoms with Crippen molar-refractivity contribution in [2.75, 3.05) is 0 Å². The fourth-order valence-corrected chi connectivity index (χ4v) is 4.21. The van der Waals surface area contributed by atoms with Crippen molar-refractivity contribution in [3.63, 3.8) is 0 Å². The van der Waals surface area contributed by atoms with Crippen molar-refractivity contribution in [3.8, 4) is 0 Å². The third-order valence-corrected chi connectivity index (χ3v) is 5.21. The molecule has 2 aliphatic carbocycles. The largest absolute Gasteiger partial charge is 0.131 e. The van der Waals surface area contributed by atoms with E-state index >= 15 is 0 Å². The Morgan fingerprint density at radius 1 is 1.36 bits per heavy atom. The molecule has 5 atom stereocenters. The molecule has 11 heavy (non-hydrogen) atoms. The summed E-state index contributed by atoms with van der Waals surface area (Å²) in [7, 11) is 3.15. The Balaban J connectivity index is 2.25. The van der Waals surface area contributed by atoms with E-state index in [1.165, 1.54) is 25.7 Å². The van der Waals surface area contributed by atoms with Crippen LogP contribution in [-0.4, -0.2) is 5.16 Å². The summed E-state index contributed by atoms with van der Waals surface area (Å²) in [5.41, 5.74) is 0. The van der Waals surface area contributed by atoms with E-state index in [2.05, 4.69) is 23.1 Å². The topological polar surface area (TPSA) is 0 Å². The minimum absolute atomic E-state index is 0.641. The minimum atomic E-state index is 0.641. The summed E-state index contributed by atoms with van der Waals surface area (Å²) in [5, 5.41) is 0.641. The van der Waals surface area contributed by atoms with Gasteiger partial charge in [-0.2, -0.15) is 0 Å². The molecule has 0 nitrogen and oxygen atoms in total. The van der Waals surface area contributed by atoms with Gasteiger partial charge in [0.15, 0.2) is 0 Å². The van der Waals surface area contributed by atoms with Crippen molar-refractivity contribution in [3.05, 3.63) is 0 Å². The standard InChI is InChI=1S/C10H19P/c1-7-6-10(11)5-3-4-9(7)8(10)2/h7-9H,3-6,11H2,1-2H3. The zero-order valence-electron chi connectivity index (χ0n) is 7.64. The Labute approximate surface area is 72.3 Å². The van der Waals surface area contributed by atoms with Gasteiger partial charge in [0, 0.05) is 0 Å². The maximum Gasteiger partial charge on any atom is -0.0119 e. The smallest absolute Gasteiger partial charge is 0.0119 e. The van der Waals surface area contributed by atoms with Gasteiger partial charge in [-0.15, -0.1) is 9.24 Å². The van der Waals surface area contributed by atoms with E-state index in [1.54, 1.807) is 0 Å². The van der Waals surface area contributed by atoms with Crippen LogP contribution >= 0.6 is 9.24 Å². The van der Waals surface area contributed by atoms with Gasteiger partial charge in [0.25, 0.3) is 0 Å². The number of hydrogen-bond acceptors (Lipinski definition) is 0. The lowest BCUT2D eigenvalue weighted by molar-refractivity contribution is 0.251. The van der Waals surface area contributed by atoms with Crippen molar-refractivity contribution in [1.29, 1.82) is 0 Å². The minimum Gasteiger partial charge on any atom is -0.131 e. The molecule has 0 N–H and O–H groups in total. The molecule has 2 aliphatic rings. The quantitative estimate of drug-likeness (QED) is 0.490. The molecule has 0 aromatic carbocycles. The van der Waals surface area contributed by atoms with Gasteiger partial charge in [0.2, 0.25) is 0 Å². The maximum absolute atomic E-state index is 3.15. The van der Waals surface area contributed by atoms with E-state index < -0.39 is 0 Å². The third-order valence-electron chi connectivity index (χ3n) is 4.16. The van der Waals surface area contributed by atoms with Crippen LogP contribution in [0.1, 0.15) is 39.5 Å². The molecule has 2 rings (SSSR count). The highest BCUT2D eigenvalue weighted by atomic mass is 31.0. The molecule has 0 saturated heterocycles. The molecule has 0 aromatic heterocycles. The van der Waals surface area contributed by atoms with E-state index in [-0.39, 0.29) is 0 Å². The van der Waals surface area contributed by atoms with E-state index in [1.807, 2.05) is 0 Å². The summed E-state index contributed by atoms with van der Waals surface area (Å²) in [6.07, 6.45) is 5.89. The number of fused-ring (bicyclic) bond motifs is 2. The summed E-state index contributed by atoms with van der Waals surface area (Å²) in [4.78, 5) is 0. The molecular formula is C10H19P. The SMILES string of the molecule is CC1CC2(P)CCCC1C2C. The van der Waals surface area contributed by atoms with Gasteiger partial charge in [0.05, 0.1) is 0 Å². The van der Waals surface area contributed by atoms with Gasteiger partial charge in [-0.1, -0.05) is 20.3 Å². The maximum atomic E-state index is 3.15. The second-order valence-corrected chi connectivity index (χ2v) is 5.91. The molecule has 0 amide bonds. The van der Waals surface area contributed by atoms with Crippen LogP contribution in [0.15, 0.2) is 0 Å². The fraction of sp³-hybridized carbons (Fsp3) is 1.00. The molecule has 0 aliphatic heterocycles. The third kappa shape index (κ3) is 1.06. The molecule has 2 bridgehead atoms. The summed E-state index contributed by atoms with van der Waals surface area (Å²) >= 11 is 0. The van der Waals surface area contributed by atoms with Gasteiger partial charge in [-0.25, -0.2) is 0 Å². The predicted octanol–water partition coefficient (Wildman–Crippen LogP) is 3.08. The molecule has 2 fully saturated rings. The highest BCUT2D eigenvalue weighted by molar-refractivity contribution is 7.19. The van der Waals surface area contributed by atoms with Crippen LogP contribution in [0.5, 0.6) is 0 Å². The second-order valence-electron chi connectivity index (χ2n) is 4.76. The van der Waals surface area contributed by atoms with Crippen molar-refractivity contribution in [2.45, 2.75) is 44.7 Å². The van der Waals surface area contributed by atoms with Crippen LogP contribution < -0.4 is 0 Å². The summed E-state index contributed by atoms with van der Waals surface area (Å²) in [6.45, 7) is 4.90. The van der Waals surface area contributed by atoms with Crippen LogP contribution in [0.25, 0.3) is 0 Å². The Kier molecular flexibility index (Phi) is 1.80. The zero-order valence-corrected chi connectivity index (χ0v) is 8.79. The first-order chi connectivity index (χ1) is 5.13. The van der Waals surface area contributed by atoms with E-state index in [0.29, 0.717) is 5.16 Å². The molecule has 64 valence electrons. The lowest BCUT2D eigenvalue weighted by atomic mass is 9.78. The Morgan fingerprint density at radius 2 is 2.09 bits per heavy atom. The average molecular weight is 170 g/mol. The molecule has 0 radical (unpaired) electrons. The van der Waals surface area contributed by atoms with E-state index in [9.17, 15) is 0 Å². The van der Waals surface area contributed by atoms with Gasteiger partial charge >= 0.3 is 0 Å². The van der Waals surface area contributed by atoms with Crippen molar-refractivity contribution < 1.29 is 0 Å². The number of hydrogen-bond donors (Lipinski definition) is 0. The molecule has 2 saturated carbocycles. The number of rotatable bonds is 0. The summed E-state index contributed by atoms with van der Waals surface area (Å²) in [5.74, 6) is 3.00. The average Bonchev–Trinajstić information content (AvgIpc) is 2.13. The molecular weight excluding hydrogens is 151 g/mol. The van der Waals surface area contributed by atoms with E-state index in [0.717, 1.165) is 17.8 Å². The monoisotopic (exact) mass is 170 g/mol. The van der Waals surface area contributed by atoms with Gasteiger partial charge in [-0.05, 0) is 42.2 Å². The molecule has 0 heterocycles. The first-order valence-corrected chi connectivity index (χ1v) is 5.50. The van der Waals surface area contributed by atoms with Crippen molar-refractivity contribution >= 4 is 9.24 Å². The van der Waals surface area contributed by atoms with Gasteiger partial charge in [0.1, 0.15) is 0 Å². The fourth-order valence-electron chi connectivity index (χ4n) is 3.39. The summed E-state index contributed by atoms with van der Waals surface area (Å²) in [6, 6.07) is 0. The predicted molar refractivity (Wildman–Crippen MR) is 52.7 cm³/mol. The van der Waals surface area contributed by atoms with Crippen LogP contribution in [0.3, 0.4) is 0 Å². The van der Waals surface area contributed by atoms with Crippen LogP contribution in [0.4, 0.5) is 0 Å². The Morgan fingerprint density at radius 3 is 2.64 bits per heavy atom. The summed E-state index contributed by atoms with van der Waals surface area (Å²) < 4.78 is 0. The van der Waals surface area contributed by atoms with Crippen LogP contribution in [0.2, 0.25) is 0 Å². The first-order valence-electron chi connectivity index (χ1n) is 4.92. The van der Waals surface area contributed by atoms with Gasteiger partial charge < -0.3 is 0 Å². The molecule has 0 aromatic rings. The van der Waals surface area contributed by atoms with Crippen LogP contribution in [-0.2, 0) is 0 Å². The Hall–Kier alpha value is 0.430. The van der Waals surface area contributed by atoms with Crippen LogP contribution in [0, 0.1) is 17.8 Å². The molecule has 0 spiro atoms. The highest BCUT2D eigenvalue weighted by Gasteiger charge is 2.48. The lowest BCUT2D eigenvalue weighted by Crippen LogP contribution is -2.30. The first kappa shape index (κ1) is 8.05. The normalized spacial score (nSPS) is 56.5.